The van der Waals surface area contributed by atoms with E-state index in [2.05, 4.69) is 5.32 Å². The zero-order valence-corrected chi connectivity index (χ0v) is 11.5. The summed E-state index contributed by atoms with van der Waals surface area (Å²) in [5, 5.41) is 4.93. The number of para-hydroxylation sites is 1. The van der Waals surface area contributed by atoms with Crippen molar-refractivity contribution in [1.82, 2.24) is 5.32 Å². The van der Waals surface area contributed by atoms with Crippen molar-refractivity contribution in [1.29, 1.82) is 0 Å². The van der Waals surface area contributed by atoms with Crippen LogP contribution in [0.5, 0.6) is 0 Å². The molecule has 1 heterocycles. The maximum Gasteiger partial charge on any atom is 0.152 e. The molecule has 0 fully saturated rings. The van der Waals surface area contributed by atoms with Gasteiger partial charge in [-0.15, -0.1) is 0 Å². The van der Waals surface area contributed by atoms with Crippen molar-refractivity contribution in [3.63, 3.8) is 0 Å². The molecule has 0 radical (unpaired) electrons. The smallest absolute Gasteiger partial charge is 0.152 e. The summed E-state index contributed by atoms with van der Waals surface area (Å²) in [5.41, 5.74) is 0.755. The number of furan rings is 1. The summed E-state index contributed by atoms with van der Waals surface area (Å²) < 4.78 is 11.2. The highest BCUT2D eigenvalue weighted by molar-refractivity contribution is 6.34. The van der Waals surface area contributed by atoms with E-state index in [4.69, 9.17) is 20.8 Å². The van der Waals surface area contributed by atoms with E-state index in [9.17, 15) is 0 Å². The first kappa shape index (κ1) is 13.4. The van der Waals surface area contributed by atoms with Gasteiger partial charge in [-0.05, 0) is 32.5 Å². The van der Waals surface area contributed by atoms with Crippen LogP contribution in [0.15, 0.2) is 28.7 Å². The molecule has 1 aromatic heterocycles. The molecule has 1 N–H and O–H groups in total. The monoisotopic (exact) mass is 267 g/mol. The van der Waals surface area contributed by atoms with Gasteiger partial charge < -0.3 is 14.5 Å². The molecule has 0 amide bonds. The summed E-state index contributed by atoms with van der Waals surface area (Å²) >= 11 is 6.11. The van der Waals surface area contributed by atoms with Gasteiger partial charge in [0, 0.05) is 18.6 Å². The molecule has 1 unspecified atom stereocenters. The lowest BCUT2D eigenvalue weighted by Gasteiger charge is -2.12. The van der Waals surface area contributed by atoms with Crippen molar-refractivity contribution >= 4 is 22.6 Å². The maximum absolute atomic E-state index is 6.11. The number of ether oxygens (including phenoxy) is 1. The second-order valence-corrected chi connectivity index (χ2v) is 4.54. The molecule has 4 heteroatoms. The van der Waals surface area contributed by atoms with E-state index in [1.165, 1.54) is 0 Å². The van der Waals surface area contributed by atoms with E-state index >= 15 is 0 Å². The Morgan fingerprint density at radius 3 is 2.94 bits per heavy atom. The van der Waals surface area contributed by atoms with Gasteiger partial charge in [-0.25, -0.2) is 0 Å². The van der Waals surface area contributed by atoms with Gasteiger partial charge in [0.2, 0.25) is 0 Å². The Hall–Kier alpha value is -1.03. The summed E-state index contributed by atoms with van der Waals surface area (Å²) in [6.07, 6.45) is 0.877. The van der Waals surface area contributed by atoms with E-state index in [-0.39, 0.29) is 6.04 Å². The molecule has 18 heavy (non-hydrogen) atoms. The highest BCUT2D eigenvalue weighted by atomic mass is 35.5. The van der Waals surface area contributed by atoms with Gasteiger partial charge in [0.05, 0.1) is 11.1 Å². The fourth-order valence-electron chi connectivity index (χ4n) is 1.99. The van der Waals surface area contributed by atoms with Crippen LogP contribution in [0.1, 0.15) is 25.1 Å². The molecule has 0 aliphatic carbocycles. The Morgan fingerprint density at radius 2 is 2.28 bits per heavy atom. The molecule has 0 saturated heterocycles. The van der Waals surface area contributed by atoms with E-state index in [1.54, 1.807) is 0 Å². The number of rotatable bonds is 6. The molecule has 2 rings (SSSR count). The standard InChI is InChI=1S/C14H18ClNO2/c1-3-17-8-7-12(16-2)13-9-10-5-4-6-11(15)14(10)18-13/h4-6,9,12,16H,3,7-8H2,1-2H3. The Kier molecular flexibility index (Phi) is 4.64. The Balaban J connectivity index is 2.20. The van der Waals surface area contributed by atoms with Crippen LogP contribution in [0.4, 0.5) is 0 Å². The van der Waals surface area contributed by atoms with E-state index < -0.39 is 0 Å². The zero-order chi connectivity index (χ0) is 13.0. The predicted molar refractivity (Wildman–Crippen MR) is 74.1 cm³/mol. The molecule has 0 spiro atoms. The third kappa shape index (κ3) is 2.86. The molecular weight excluding hydrogens is 250 g/mol. The summed E-state index contributed by atoms with van der Waals surface area (Å²) in [7, 11) is 1.92. The van der Waals surface area contributed by atoms with Gasteiger partial charge in [0.15, 0.2) is 5.58 Å². The first-order chi connectivity index (χ1) is 8.76. The molecule has 2 aromatic rings. The molecule has 98 valence electrons. The number of halogens is 1. The fraction of sp³-hybridized carbons (Fsp3) is 0.429. The van der Waals surface area contributed by atoms with Crippen LogP contribution in [-0.2, 0) is 4.74 Å². The quantitative estimate of drug-likeness (QED) is 0.809. The predicted octanol–water partition coefficient (Wildman–Crippen LogP) is 3.77. The molecule has 0 bridgehead atoms. The number of hydrogen-bond donors (Lipinski definition) is 1. The van der Waals surface area contributed by atoms with Gasteiger partial charge in [-0.1, -0.05) is 23.7 Å². The van der Waals surface area contributed by atoms with Crippen molar-refractivity contribution in [2.24, 2.45) is 0 Å². The molecular formula is C14H18ClNO2. The van der Waals surface area contributed by atoms with Crippen LogP contribution in [0, 0.1) is 0 Å². The maximum atomic E-state index is 6.11. The van der Waals surface area contributed by atoms with Gasteiger partial charge in [0.25, 0.3) is 0 Å². The Labute approximate surface area is 112 Å². The molecule has 0 aliphatic rings. The number of hydrogen-bond acceptors (Lipinski definition) is 3. The van der Waals surface area contributed by atoms with Crippen LogP contribution in [-0.4, -0.2) is 20.3 Å². The summed E-state index contributed by atoms with van der Waals surface area (Å²) in [4.78, 5) is 0. The summed E-state index contributed by atoms with van der Waals surface area (Å²) in [5.74, 6) is 0.903. The van der Waals surface area contributed by atoms with Crippen LogP contribution in [0.25, 0.3) is 11.0 Å². The minimum atomic E-state index is 0.153. The summed E-state index contributed by atoms with van der Waals surface area (Å²) in [6.45, 7) is 3.45. The second kappa shape index (κ2) is 6.23. The van der Waals surface area contributed by atoms with Gasteiger partial charge in [-0.2, -0.15) is 0 Å². The Bertz CT molecular complexity index is 509. The normalized spacial score (nSPS) is 13.1. The molecule has 0 saturated carbocycles. The van der Waals surface area contributed by atoms with Crippen LogP contribution < -0.4 is 5.32 Å². The van der Waals surface area contributed by atoms with Crippen molar-refractivity contribution in [2.75, 3.05) is 20.3 Å². The highest BCUT2D eigenvalue weighted by Gasteiger charge is 2.15. The van der Waals surface area contributed by atoms with Gasteiger partial charge in [-0.3, -0.25) is 0 Å². The lowest BCUT2D eigenvalue weighted by atomic mass is 10.1. The lowest BCUT2D eigenvalue weighted by molar-refractivity contribution is 0.135. The Morgan fingerprint density at radius 1 is 1.44 bits per heavy atom. The number of benzene rings is 1. The summed E-state index contributed by atoms with van der Waals surface area (Å²) in [6, 6.07) is 7.96. The van der Waals surface area contributed by atoms with Gasteiger partial charge in [0.1, 0.15) is 5.76 Å². The first-order valence-corrected chi connectivity index (χ1v) is 6.57. The minimum absolute atomic E-state index is 0.153. The average molecular weight is 268 g/mol. The minimum Gasteiger partial charge on any atom is -0.458 e. The molecule has 1 atom stereocenters. The van der Waals surface area contributed by atoms with Crippen molar-refractivity contribution in [2.45, 2.75) is 19.4 Å². The zero-order valence-electron chi connectivity index (χ0n) is 10.7. The third-order valence-electron chi connectivity index (χ3n) is 2.96. The highest BCUT2D eigenvalue weighted by Crippen LogP contribution is 2.30. The van der Waals surface area contributed by atoms with Gasteiger partial charge >= 0.3 is 0 Å². The average Bonchev–Trinajstić information content (AvgIpc) is 2.80. The van der Waals surface area contributed by atoms with Crippen molar-refractivity contribution in [3.8, 4) is 0 Å². The largest absolute Gasteiger partial charge is 0.458 e. The van der Waals surface area contributed by atoms with Crippen molar-refractivity contribution in [3.05, 3.63) is 35.0 Å². The molecule has 0 aliphatic heterocycles. The van der Waals surface area contributed by atoms with Crippen LogP contribution >= 0.6 is 11.6 Å². The van der Waals surface area contributed by atoms with Crippen molar-refractivity contribution < 1.29 is 9.15 Å². The number of fused-ring (bicyclic) bond motifs is 1. The SMILES string of the molecule is CCOCCC(NC)c1cc2cccc(Cl)c2o1. The van der Waals surface area contributed by atoms with E-state index in [0.717, 1.165) is 29.8 Å². The van der Waals surface area contributed by atoms with E-state index in [1.807, 2.05) is 38.2 Å². The lowest BCUT2D eigenvalue weighted by Crippen LogP contribution is -2.17. The number of nitrogens with one attached hydrogen (secondary N) is 1. The van der Waals surface area contributed by atoms with E-state index in [0.29, 0.717) is 11.6 Å². The van der Waals surface area contributed by atoms with Crippen LogP contribution in [0.3, 0.4) is 0 Å². The van der Waals surface area contributed by atoms with Crippen LogP contribution in [0.2, 0.25) is 5.02 Å². The molecule has 3 nitrogen and oxygen atoms in total. The molecule has 1 aromatic carbocycles. The third-order valence-corrected chi connectivity index (χ3v) is 3.26. The topological polar surface area (TPSA) is 34.4 Å². The second-order valence-electron chi connectivity index (χ2n) is 4.13. The fourth-order valence-corrected chi connectivity index (χ4v) is 2.21. The first-order valence-electron chi connectivity index (χ1n) is 6.19.